The minimum Gasteiger partial charge on any atom is -0.457 e. The van der Waals surface area contributed by atoms with Gasteiger partial charge in [-0.25, -0.2) is 4.68 Å². The molecule has 20 heavy (non-hydrogen) atoms. The molecule has 1 aliphatic heterocycles. The smallest absolute Gasteiger partial charge is 0.131 e. The standard InChI is InChI=1S/C16H11IN2O/c17-13-9-18-19(10-13)14-5-6-16-12(8-14)7-11-3-1-2-4-15(11)20-16/h1-6,8-10H,7H2. The Balaban J connectivity index is 1.76. The van der Waals surface area contributed by atoms with Gasteiger partial charge in [-0.15, -0.1) is 0 Å². The van der Waals surface area contributed by atoms with Crippen LogP contribution in [0.25, 0.3) is 5.69 Å². The first kappa shape index (κ1) is 12.0. The van der Waals surface area contributed by atoms with Gasteiger partial charge in [0.1, 0.15) is 11.5 Å². The number of halogens is 1. The van der Waals surface area contributed by atoms with Gasteiger partial charge < -0.3 is 4.74 Å². The summed E-state index contributed by atoms with van der Waals surface area (Å²) in [7, 11) is 0. The first-order valence-electron chi connectivity index (χ1n) is 6.39. The first-order chi connectivity index (χ1) is 9.79. The van der Waals surface area contributed by atoms with Crippen molar-refractivity contribution in [3.8, 4) is 17.2 Å². The molecule has 0 atom stereocenters. The van der Waals surface area contributed by atoms with Crippen molar-refractivity contribution in [2.24, 2.45) is 0 Å². The summed E-state index contributed by atoms with van der Waals surface area (Å²) in [6, 6.07) is 14.4. The second-order valence-corrected chi connectivity index (χ2v) is 6.03. The molecular weight excluding hydrogens is 363 g/mol. The number of benzene rings is 2. The van der Waals surface area contributed by atoms with Gasteiger partial charge in [0.05, 0.1) is 15.5 Å². The van der Waals surface area contributed by atoms with Crippen LogP contribution in [0.2, 0.25) is 0 Å². The van der Waals surface area contributed by atoms with E-state index in [1.807, 2.05) is 47.4 Å². The van der Waals surface area contributed by atoms with Crippen LogP contribution < -0.4 is 4.74 Å². The number of ether oxygens (including phenoxy) is 1. The first-order valence-corrected chi connectivity index (χ1v) is 7.47. The van der Waals surface area contributed by atoms with Crippen LogP contribution in [0.3, 0.4) is 0 Å². The molecule has 1 aromatic heterocycles. The molecule has 4 heteroatoms. The van der Waals surface area contributed by atoms with E-state index in [9.17, 15) is 0 Å². The van der Waals surface area contributed by atoms with Crippen molar-refractivity contribution in [3.63, 3.8) is 0 Å². The molecule has 98 valence electrons. The Hall–Kier alpha value is -1.82. The molecule has 0 radical (unpaired) electrons. The Morgan fingerprint density at radius 3 is 2.75 bits per heavy atom. The highest BCUT2D eigenvalue weighted by Crippen LogP contribution is 2.37. The number of aromatic nitrogens is 2. The van der Waals surface area contributed by atoms with E-state index in [-0.39, 0.29) is 0 Å². The summed E-state index contributed by atoms with van der Waals surface area (Å²) < 4.78 is 8.96. The van der Waals surface area contributed by atoms with Crippen molar-refractivity contribution >= 4 is 22.6 Å². The lowest BCUT2D eigenvalue weighted by Crippen LogP contribution is -2.04. The topological polar surface area (TPSA) is 27.1 Å². The highest BCUT2D eigenvalue weighted by atomic mass is 127. The van der Waals surface area contributed by atoms with Gasteiger partial charge in [-0.05, 0) is 52.4 Å². The molecule has 0 saturated carbocycles. The second kappa shape index (κ2) is 4.63. The van der Waals surface area contributed by atoms with E-state index in [0.717, 1.165) is 27.2 Å². The van der Waals surface area contributed by atoms with Gasteiger partial charge in [-0.1, -0.05) is 18.2 Å². The third kappa shape index (κ3) is 2.00. The highest BCUT2D eigenvalue weighted by molar-refractivity contribution is 14.1. The molecular formula is C16H11IN2O. The van der Waals surface area contributed by atoms with E-state index in [1.165, 1.54) is 11.1 Å². The molecule has 4 rings (SSSR count). The molecule has 0 amide bonds. The van der Waals surface area contributed by atoms with E-state index in [1.54, 1.807) is 0 Å². The van der Waals surface area contributed by atoms with Crippen molar-refractivity contribution in [1.82, 2.24) is 9.78 Å². The maximum atomic E-state index is 5.94. The zero-order valence-corrected chi connectivity index (χ0v) is 12.7. The summed E-state index contributed by atoms with van der Waals surface area (Å²) in [5, 5.41) is 4.35. The summed E-state index contributed by atoms with van der Waals surface area (Å²) in [6.45, 7) is 0. The fraction of sp³-hybridized carbons (Fsp3) is 0.0625. The molecule has 0 N–H and O–H groups in total. The summed E-state index contributed by atoms with van der Waals surface area (Å²) >= 11 is 2.26. The quantitative estimate of drug-likeness (QED) is 0.468. The number of fused-ring (bicyclic) bond motifs is 2. The van der Waals surface area contributed by atoms with Gasteiger partial charge in [-0.3, -0.25) is 0 Å². The van der Waals surface area contributed by atoms with Gasteiger partial charge >= 0.3 is 0 Å². The molecule has 3 aromatic rings. The van der Waals surface area contributed by atoms with Gasteiger partial charge in [-0.2, -0.15) is 5.10 Å². The Morgan fingerprint density at radius 2 is 1.90 bits per heavy atom. The van der Waals surface area contributed by atoms with Crippen LogP contribution in [0.1, 0.15) is 11.1 Å². The predicted octanol–water partition coefficient (Wildman–Crippen LogP) is 4.17. The Kier molecular flexibility index (Phi) is 2.77. The number of nitrogens with zero attached hydrogens (tertiary/aromatic N) is 2. The van der Waals surface area contributed by atoms with Crippen molar-refractivity contribution in [2.45, 2.75) is 6.42 Å². The average molecular weight is 374 g/mol. The number of hydrogen-bond donors (Lipinski definition) is 0. The minimum atomic E-state index is 0.901. The van der Waals surface area contributed by atoms with E-state index < -0.39 is 0 Å². The second-order valence-electron chi connectivity index (χ2n) is 4.78. The van der Waals surface area contributed by atoms with Crippen molar-refractivity contribution in [3.05, 3.63) is 69.6 Å². The van der Waals surface area contributed by atoms with Gasteiger partial charge in [0.25, 0.3) is 0 Å². The molecule has 2 aromatic carbocycles. The minimum absolute atomic E-state index is 0.901. The fourth-order valence-electron chi connectivity index (χ4n) is 2.46. The molecule has 2 heterocycles. The molecule has 0 fully saturated rings. The molecule has 3 nitrogen and oxygen atoms in total. The zero-order chi connectivity index (χ0) is 13.5. The largest absolute Gasteiger partial charge is 0.457 e. The molecule has 1 aliphatic rings. The lowest BCUT2D eigenvalue weighted by molar-refractivity contribution is 0.460. The van der Waals surface area contributed by atoms with Crippen LogP contribution in [-0.2, 0) is 6.42 Å². The fourth-order valence-corrected chi connectivity index (χ4v) is 2.85. The molecule has 0 bridgehead atoms. The van der Waals surface area contributed by atoms with Crippen LogP contribution in [0.4, 0.5) is 0 Å². The molecule has 0 unspecified atom stereocenters. The van der Waals surface area contributed by atoms with E-state index in [2.05, 4.69) is 39.8 Å². The van der Waals surface area contributed by atoms with Crippen molar-refractivity contribution in [2.75, 3.05) is 0 Å². The SMILES string of the molecule is Ic1cnn(-c2ccc3c(c2)Cc2ccccc2O3)c1. The zero-order valence-electron chi connectivity index (χ0n) is 10.6. The van der Waals surface area contributed by atoms with Crippen LogP contribution in [0.5, 0.6) is 11.5 Å². The molecule has 0 spiro atoms. The predicted molar refractivity (Wildman–Crippen MR) is 85.6 cm³/mol. The van der Waals surface area contributed by atoms with E-state index in [4.69, 9.17) is 4.74 Å². The highest BCUT2D eigenvalue weighted by Gasteiger charge is 2.17. The monoisotopic (exact) mass is 374 g/mol. The maximum absolute atomic E-state index is 5.94. The van der Waals surface area contributed by atoms with Gasteiger partial charge in [0.2, 0.25) is 0 Å². The summed E-state index contributed by atoms with van der Waals surface area (Å²) in [6.07, 6.45) is 4.77. The van der Waals surface area contributed by atoms with E-state index >= 15 is 0 Å². The third-order valence-electron chi connectivity index (χ3n) is 3.43. The maximum Gasteiger partial charge on any atom is 0.131 e. The Morgan fingerprint density at radius 1 is 1.05 bits per heavy atom. The van der Waals surface area contributed by atoms with E-state index in [0.29, 0.717) is 0 Å². The molecule has 0 aliphatic carbocycles. The lowest BCUT2D eigenvalue weighted by atomic mass is 10.00. The van der Waals surface area contributed by atoms with Crippen molar-refractivity contribution < 1.29 is 4.74 Å². The van der Waals surface area contributed by atoms with Gasteiger partial charge in [0.15, 0.2) is 0 Å². The van der Waals surface area contributed by atoms with Crippen LogP contribution in [0, 0.1) is 3.57 Å². The lowest BCUT2D eigenvalue weighted by Gasteiger charge is -2.20. The van der Waals surface area contributed by atoms with Gasteiger partial charge in [0, 0.05) is 18.2 Å². The van der Waals surface area contributed by atoms with Crippen molar-refractivity contribution in [1.29, 1.82) is 0 Å². The average Bonchev–Trinajstić information content (AvgIpc) is 2.91. The summed E-state index contributed by atoms with van der Waals surface area (Å²) in [5.41, 5.74) is 3.49. The number of hydrogen-bond acceptors (Lipinski definition) is 2. The van der Waals surface area contributed by atoms with Crippen LogP contribution >= 0.6 is 22.6 Å². The number of rotatable bonds is 1. The number of para-hydroxylation sites is 1. The Labute approximate surface area is 130 Å². The normalized spacial score (nSPS) is 12.4. The summed E-state index contributed by atoms with van der Waals surface area (Å²) in [4.78, 5) is 0. The Bertz CT molecular complexity index is 795. The van der Waals surface area contributed by atoms with Crippen LogP contribution in [0.15, 0.2) is 54.9 Å². The summed E-state index contributed by atoms with van der Waals surface area (Å²) in [5.74, 6) is 1.90. The van der Waals surface area contributed by atoms with Crippen LogP contribution in [-0.4, -0.2) is 9.78 Å². The molecule has 0 saturated heterocycles. The third-order valence-corrected chi connectivity index (χ3v) is 3.99.